The molecule has 0 bridgehead atoms. The lowest BCUT2D eigenvalue weighted by Crippen LogP contribution is -2.41. The molecule has 130 valence electrons. The van der Waals surface area contributed by atoms with Crippen LogP contribution < -0.4 is 10.6 Å². The molecule has 1 aliphatic carbocycles. The first-order valence-electron chi connectivity index (χ1n) is 7.81. The van der Waals surface area contributed by atoms with Crippen molar-refractivity contribution in [2.75, 3.05) is 13.6 Å². The van der Waals surface area contributed by atoms with Crippen molar-refractivity contribution in [2.24, 2.45) is 12.0 Å². The summed E-state index contributed by atoms with van der Waals surface area (Å²) >= 11 is 3.68. The van der Waals surface area contributed by atoms with Gasteiger partial charge >= 0.3 is 0 Å². The molecule has 5 nitrogen and oxygen atoms in total. The van der Waals surface area contributed by atoms with Crippen LogP contribution in [0, 0.1) is 0 Å². The van der Waals surface area contributed by atoms with Gasteiger partial charge in [-0.05, 0) is 30.5 Å². The standard InChI is InChI=1S/C17H22BrN5.HI/c1-19-16(20-11-13-7-10-22-23(13)2)21-12-17(8-9-17)14-5-3-4-6-15(14)18;/h3-7,10H,8-9,11-12H2,1-2H3,(H2,19,20,21);1H. The van der Waals surface area contributed by atoms with Crippen LogP contribution in [0.1, 0.15) is 24.1 Å². The molecule has 0 unspecified atom stereocenters. The summed E-state index contributed by atoms with van der Waals surface area (Å²) in [5.41, 5.74) is 2.74. The third kappa shape index (κ3) is 4.30. The van der Waals surface area contributed by atoms with Crippen molar-refractivity contribution in [2.45, 2.75) is 24.8 Å². The Kier molecular flexibility index (Phi) is 6.68. The zero-order valence-corrected chi connectivity index (χ0v) is 17.8. The summed E-state index contributed by atoms with van der Waals surface area (Å²) < 4.78 is 3.06. The zero-order valence-electron chi connectivity index (χ0n) is 13.9. The molecule has 1 aromatic heterocycles. The third-order valence-corrected chi connectivity index (χ3v) is 5.17. The Morgan fingerprint density at radius 2 is 2.04 bits per heavy atom. The van der Waals surface area contributed by atoms with Crippen LogP contribution in [0.5, 0.6) is 0 Å². The maximum atomic E-state index is 4.32. The number of nitrogens with zero attached hydrogens (tertiary/aromatic N) is 3. The van der Waals surface area contributed by atoms with Gasteiger partial charge in [-0.15, -0.1) is 24.0 Å². The Morgan fingerprint density at radius 1 is 1.29 bits per heavy atom. The molecule has 7 heteroatoms. The summed E-state index contributed by atoms with van der Waals surface area (Å²) in [7, 11) is 3.75. The van der Waals surface area contributed by atoms with Gasteiger partial charge in [0.15, 0.2) is 5.96 Å². The number of hydrogen-bond donors (Lipinski definition) is 2. The van der Waals surface area contributed by atoms with Crippen LogP contribution >= 0.6 is 39.9 Å². The molecular formula is C17H23BrIN5. The highest BCUT2D eigenvalue weighted by atomic mass is 127. The maximum Gasteiger partial charge on any atom is 0.191 e. The average molecular weight is 504 g/mol. The predicted molar refractivity (Wildman–Crippen MR) is 112 cm³/mol. The average Bonchev–Trinajstić information content (AvgIpc) is 3.23. The molecule has 0 aliphatic heterocycles. The molecule has 0 spiro atoms. The number of nitrogens with one attached hydrogen (secondary N) is 2. The molecular weight excluding hydrogens is 481 g/mol. The van der Waals surface area contributed by atoms with Crippen molar-refractivity contribution in [1.82, 2.24) is 20.4 Å². The fourth-order valence-corrected chi connectivity index (χ4v) is 3.51. The molecule has 0 atom stereocenters. The molecule has 0 amide bonds. The zero-order chi connectivity index (χ0) is 16.3. The molecule has 1 fully saturated rings. The van der Waals surface area contributed by atoms with E-state index in [0.29, 0.717) is 6.54 Å². The Hall–Kier alpha value is -1.09. The van der Waals surface area contributed by atoms with Gasteiger partial charge < -0.3 is 10.6 Å². The number of halogens is 2. The van der Waals surface area contributed by atoms with Gasteiger partial charge in [-0.1, -0.05) is 34.1 Å². The first kappa shape index (κ1) is 19.2. The molecule has 0 saturated heterocycles. The summed E-state index contributed by atoms with van der Waals surface area (Å²) in [6.07, 6.45) is 4.22. The minimum atomic E-state index is 0. The van der Waals surface area contributed by atoms with Crippen LogP contribution in [0.3, 0.4) is 0 Å². The summed E-state index contributed by atoms with van der Waals surface area (Å²) in [6, 6.07) is 10.5. The van der Waals surface area contributed by atoms with E-state index in [1.807, 2.05) is 17.8 Å². The number of aryl methyl sites for hydroxylation is 1. The van der Waals surface area contributed by atoms with Gasteiger partial charge in [-0.25, -0.2) is 0 Å². The van der Waals surface area contributed by atoms with Crippen LogP contribution in [-0.4, -0.2) is 29.3 Å². The van der Waals surface area contributed by atoms with Gasteiger partial charge in [0.2, 0.25) is 0 Å². The van der Waals surface area contributed by atoms with E-state index < -0.39 is 0 Å². The van der Waals surface area contributed by atoms with E-state index in [1.165, 1.54) is 22.9 Å². The van der Waals surface area contributed by atoms with E-state index in [9.17, 15) is 0 Å². The highest BCUT2D eigenvalue weighted by molar-refractivity contribution is 14.0. The highest BCUT2D eigenvalue weighted by Gasteiger charge is 2.45. The van der Waals surface area contributed by atoms with Crippen LogP contribution in [0.25, 0.3) is 0 Å². The first-order valence-corrected chi connectivity index (χ1v) is 8.60. The molecule has 1 aromatic carbocycles. The van der Waals surface area contributed by atoms with E-state index in [-0.39, 0.29) is 29.4 Å². The van der Waals surface area contributed by atoms with Gasteiger partial charge in [0.1, 0.15) is 0 Å². The third-order valence-electron chi connectivity index (χ3n) is 4.48. The van der Waals surface area contributed by atoms with Crippen molar-refractivity contribution in [3.8, 4) is 0 Å². The molecule has 24 heavy (non-hydrogen) atoms. The molecule has 1 aliphatic rings. The summed E-state index contributed by atoms with van der Waals surface area (Å²) in [6.45, 7) is 1.60. The van der Waals surface area contributed by atoms with Crippen LogP contribution in [0.15, 0.2) is 46.0 Å². The fourth-order valence-electron chi connectivity index (χ4n) is 2.81. The monoisotopic (exact) mass is 503 g/mol. The second-order valence-corrected chi connectivity index (χ2v) is 6.84. The van der Waals surface area contributed by atoms with E-state index >= 15 is 0 Å². The topological polar surface area (TPSA) is 54.2 Å². The van der Waals surface area contributed by atoms with Crippen LogP contribution in [-0.2, 0) is 19.0 Å². The maximum absolute atomic E-state index is 4.32. The summed E-state index contributed by atoms with van der Waals surface area (Å²) in [5, 5.41) is 11.0. The molecule has 2 N–H and O–H groups in total. The Balaban J connectivity index is 0.00000208. The molecule has 1 heterocycles. The van der Waals surface area contributed by atoms with E-state index in [4.69, 9.17) is 0 Å². The number of guanidine groups is 1. The summed E-state index contributed by atoms with van der Waals surface area (Å²) in [4.78, 5) is 4.32. The number of benzene rings is 1. The lowest BCUT2D eigenvalue weighted by Gasteiger charge is -2.20. The molecule has 1 saturated carbocycles. The minimum absolute atomic E-state index is 0. The second-order valence-electron chi connectivity index (χ2n) is 5.99. The van der Waals surface area contributed by atoms with Gasteiger partial charge in [-0.3, -0.25) is 9.67 Å². The summed E-state index contributed by atoms with van der Waals surface area (Å²) in [5.74, 6) is 0.824. The van der Waals surface area contributed by atoms with Gasteiger partial charge in [0.05, 0.1) is 12.2 Å². The first-order chi connectivity index (χ1) is 11.1. The Labute approximate surface area is 168 Å². The Bertz CT molecular complexity index is 709. The second kappa shape index (κ2) is 8.33. The quantitative estimate of drug-likeness (QED) is 0.374. The number of hydrogen-bond acceptors (Lipinski definition) is 2. The fraction of sp³-hybridized carbons (Fsp3) is 0.412. The van der Waals surface area contributed by atoms with Crippen molar-refractivity contribution in [3.63, 3.8) is 0 Å². The van der Waals surface area contributed by atoms with Crippen molar-refractivity contribution < 1.29 is 0 Å². The number of aromatic nitrogens is 2. The largest absolute Gasteiger partial charge is 0.356 e. The smallest absolute Gasteiger partial charge is 0.191 e. The molecule has 3 rings (SSSR count). The lowest BCUT2D eigenvalue weighted by molar-refractivity contribution is 0.635. The lowest BCUT2D eigenvalue weighted by atomic mass is 9.96. The van der Waals surface area contributed by atoms with Gasteiger partial charge in [0.25, 0.3) is 0 Å². The van der Waals surface area contributed by atoms with E-state index in [0.717, 1.165) is 18.2 Å². The van der Waals surface area contributed by atoms with Crippen molar-refractivity contribution >= 4 is 45.9 Å². The minimum Gasteiger partial charge on any atom is -0.356 e. The van der Waals surface area contributed by atoms with E-state index in [2.05, 4.69) is 60.9 Å². The predicted octanol–water partition coefficient (Wildman–Crippen LogP) is 3.20. The SMILES string of the molecule is CN=C(NCc1ccnn1C)NCC1(c2ccccc2Br)CC1.I. The molecule has 0 radical (unpaired) electrons. The van der Waals surface area contributed by atoms with E-state index in [1.54, 1.807) is 13.2 Å². The number of aliphatic imine (C=N–C) groups is 1. The van der Waals surface area contributed by atoms with Crippen LogP contribution in [0.2, 0.25) is 0 Å². The van der Waals surface area contributed by atoms with Crippen LogP contribution in [0.4, 0.5) is 0 Å². The van der Waals surface area contributed by atoms with Crippen molar-refractivity contribution in [1.29, 1.82) is 0 Å². The van der Waals surface area contributed by atoms with Gasteiger partial charge in [-0.2, -0.15) is 5.10 Å². The highest BCUT2D eigenvalue weighted by Crippen LogP contribution is 2.49. The normalized spacial score (nSPS) is 15.5. The number of rotatable bonds is 5. The van der Waals surface area contributed by atoms with Crippen molar-refractivity contribution in [3.05, 3.63) is 52.3 Å². The van der Waals surface area contributed by atoms with Gasteiger partial charge in [0, 0.05) is 36.7 Å². The molecule has 2 aromatic rings. The Morgan fingerprint density at radius 3 is 2.62 bits per heavy atom.